The summed E-state index contributed by atoms with van der Waals surface area (Å²) in [6, 6.07) is 10.6. The number of piperidine rings is 1. The average molecular weight is 283 g/mol. The van der Waals surface area contributed by atoms with E-state index in [4.69, 9.17) is 5.21 Å². The zero-order valence-corrected chi connectivity index (χ0v) is 12.4. The second-order valence-corrected chi connectivity index (χ2v) is 5.71. The molecular formula is C17H21N3O. The van der Waals surface area contributed by atoms with Gasteiger partial charge in [0.1, 0.15) is 0 Å². The van der Waals surface area contributed by atoms with Crippen molar-refractivity contribution in [3.05, 3.63) is 42.1 Å². The van der Waals surface area contributed by atoms with Gasteiger partial charge in [-0.15, -0.1) is 0 Å². The molecule has 110 valence electrons. The van der Waals surface area contributed by atoms with Gasteiger partial charge in [-0.2, -0.15) is 0 Å². The van der Waals surface area contributed by atoms with E-state index in [1.165, 1.54) is 10.9 Å². The van der Waals surface area contributed by atoms with Gasteiger partial charge in [-0.1, -0.05) is 24.2 Å². The van der Waals surface area contributed by atoms with Crippen LogP contribution in [-0.2, 0) is 6.54 Å². The van der Waals surface area contributed by atoms with Crippen molar-refractivity contribution >= 4 is 16.6 Å². The standard InChI is InChI=1S/C17H21N3O/c1-2-14-12-20(9-7-17(14)19-21)11-13-5-6-16-15(10-13)4-3-8-18-16/h3-6,8,10,14,21H,2,7,9,11-12H2,1H3/b19-17+. The normalized spacial score (nSPS) is 22.0. The molecule has 0 aliphatic carbocycles. The Balaban J connectivity index is 1.73. The van der Waals surface area contributed by atoms with Gasteiger partial charge in [0.2, 0.25) is 0 Å². The maximum atomic E-state index is 9.05. The zero-order chi connectivity index (χ0) is 14.7. The lowest BCUT2D eigenvalue weighted by atomic mass is 9.93. The van der Waals surface area contributed by atoms with Crippen molar-refractivity contribution < 1.29 is 5.21 Å². The van der Waals surface area contributed by atoms with Gasteiger partial charge in [-0.25, -0.2) is 0 Å². The Morgan fingerprint density at radius 1 is 1.38 bits per heavy atom. The van der Waals surface area contributed by atoms with Crippen LogP contribution in [0, 0.1) is 5.92 Å². The van der Waals surface area contributed by atoms with E-state index in [9.17, 15) is 0 Å². The molecule has 0 saturated carbocycles. The minimum absolute atomic E-state index is 0.380. The fourth-order valence-electron chi connectivity index (χ4n) is 3.11. The third-order valence-corrected chi connectivity index (χ3v) is 4.33. The first-order valence-corrected chi connectivity index (χ1v) is 7.57. The van der Waals surface area contributed by atoms with Gasteiger partial charge < -0.3 is 5.21 Å². The molecule has 1 atom stereocenters. The summed E-state index contributed by atoms with van der Waals surface area (Å²) >= 11 is 0. The number of oxime groups is 1. The molecule has 4 nitrogen and oxygen atoms in total. The van der Waals surface area contributed by atoms with Gasteiger partial charge in [0.25, 0.3) is 0 Å². The summed E-state index contributed by atoms with van der Waals surface area (Å²) in [6.45, 7) is 5.03. The van der Waals surface area contributed by atoms with Gasteiger partial charge in [-0.05, 0) is 30.2 Å². The van der Waals surface area contributed by atoms with Crippen LogP contribution in [0.3, 0.4) is 0 Å². The Hall–Kier alpha value is -1.94. The lowest BCUT2D eigenvalue weighted by Gasteiger charge is -2.32. The number of benzene rings is 1. The van der Waals surface area contributed by atoms with E-state index in [1.54, 1.807) is 0 Å². The summed E-state index contributed by atoms with van der Waals surface area (Å²) < 4.78 is 0. The van der Waals surface area contributed by atoms with Gasteiger partial charge in [-0.3, -0.25) is 9.88 Å². The highest BCUT2D eigenvalue weighted by Gasteiger charge is 2.24. The number of hydrogen-bond acceptors (Lipinski definition) is 4. The second kappa shape index (κ2) is 6.22. The van der Waals surface area contributed by atoms with Gasteiger partial charge in [0.15, 0.2) is 0 Å². The van der Waals surface area contributed by atoms with Crippen molar-refractivity contribution in [2.45, 2.75) is 26.3 Å². The molecule has 1 aliphatic heterocycles. The van der Waals surface area contributed by atoms with E-state index >= 15 is 0 Å². The van der Waals surface area contributed by atoms with Crippen LogP contribution in [0.2, 0.25) is 0 Å². The molecular weight excluding hydrogens is 262 g/mol. The summed E-state index contributed by atoms with van der Waals surface area (Å²) in [5.74, 6) is 0.380. The Kier molecular flexibility index (Phi) is 4.15. The van der Waals surface area contributed by atoms with Crippen LogP contribution < -0.4 is 0 Å². The molecule has 1 fully saturated rings. The third-order valence-electron chi connectivity index (χ3n) is 4.33. The highest BCUT2D eigenvalue weighted by molar-refractivity contribution is 5.87. The van der Waals surface area contributed by atoms with Crippen LogP contribution in [0.4, 0.5) is 0 Å². The number of fused-ring (bicyclic) bond motifs is 1. The second-order valence-electron chi connectivity index (χ2n) is 5.71. The Labute approximate surface area is 125 Å². The third kappa shape index (κ3) is 3.05. The minimum atomic E-state index is 0.380. The Bertz CT molecular complexity index is 653. The molecule has 1 aliphatic rings. The van der Waals surface area contributed by atoms with Crippen molar-refractivity contribution in [1.29, 1.82) is 0 Å². The van der Waals surface area contributed by atoms with E-state index < -0.39 is 0 Å². The molecule has 2 aromatic rings. The van der Waals surface area contributed by atoms with Crippen molar-refractivity contribution in [3.63, 3.8) is 0 Å². The summed E-state index contributed by atoms with van der Waals surface area (Å²) in [5.41, 5.74) is 3.31. The van der Waals surface area contributed by atoms with Crippen LogP contribution in [0.25, 0.3) is 10.9 Å². The van der Waals surface area contributed by atoms with Crippen LogP contribution in [0.15, 0.2) is 41.7 Å². The Morgan fingerprint density at radius 3 is 3.10 bits per heavy atom. The first kappa shape index (κ1) is 14.0. The molecule has 0 spiro atoms. The van der Waals surface area contributed by atoms with E-state index in [0.717, 1.165) is 43.7 Å². The van der Waals surface area contributed by atoms with Crippen molar-refractivity contribution in [2.75, 3.05) is 13.1 Å². The predicted molar refractivity (Wildman–Crippen MR) is 84.6 cm³/mol. The van der Waals surface area contributed by atoms with Crippen molar-refractivity contribution in [2.24, 2.45) is 11.1 Å². The lowest BCUT2D eigenvalue weighted by Crippen LogP contribution is -2.40. The molecule has 3 rings (SSSR count). The number of hydrogen-bond donors (Lipinski definition) is 1. The molecule has 1 N–H and O–H groups in total. The zero-order valence-electron chi connectivity index (χ0n) is 12.4. The SMILES string of the molecule is CCC1CN(Cc2ccc3ncccc3c2)CC/C1=N\O. The topological polar surface area (TPSA) is 48.7 Å². The molecule has 0 amide bonds. The highest BCUT2D eigenvalue weighted by atomic mass is 16.4. The van der Waals surface area contributed by atoms with Crippen LogP contribution in [0.5, 0.6) is 0 Å². The van der Waals surface area contributed by atoms with Crippen LogP contribution >= 0.6 is 0 Å². The van der Waals surface area contributed by atoms with Gasteiger partial charge >= 0.3 is 0 Å². The monoisotopic (exact) mass is 283 g/mol. The fourth-order valence-corrected chi connectivity index (χ4v) is 3.11. The average Bonchev–Trinajstić information content (AvgIpc) is 2.54. The maximum absolute atomic E-state index is 9.05. The quantitative estimate of drug-likeness (QED) is 0.694. The lowest BCUT2D eigenvalue weighted by molar-refractivity contribution is 0.220. The number of aromatic nitrogens is 1. The molecule has 0 bridgehead atoms. The summed E-state index contributed by atoms with van der Waals surface area (Å²) in [5, 5.41) is 13.7. The van der Waals surface area contributed by atoms with E-state index in [-0.39, 0.29) is 0 Å². The number of nitrogens with zero attached hydrogens (tertiary/aromatic N) is 3. The molecule has 2 heterocycles. The van der Waals surface area contributed by atoms with Crippen LogP contribution in [0.1, 0.15) is 25.3 Å². The number of pyridine rings is 1. The minimum Gasteiger partial charge on any atom is -0.411 e. The molecule has 1 aromatic heterocycles. The first-order valence-electron chi connectivity index (χ1n) is 7.57. The highest BCUT2D eigenvalue weighted by Crippen LogP contribution is 2.21. The molecule has 1 unspecified atom stereocenters. The number of likely N-dealkylation sites (tertiary alicyclic amines) is 1. The first-order chi connectivity index (χ1) is 10.3. The molecule has 4 heteroatoms. The van der Waals surface area contributed by atoms with E-state index in [2.05, 4.69) is 46.2 Å². The fraction of sp³-hybridized carbons (Fsp3) is 0.412. The van der Waals surface area contributed by atoms with Crippen molar-refractivity contribution in [3.8, 4) is 0 Å². The Morgan fingerprint density at radius 2 is 2.29 bits per heavy atom. The van der Waals surface area contributed by atoms with Crippen molar-refractivity contribution in [1.82, 2.24) is 9.88 Å². The predicted octanol–water partition coefficient (Wildman–Crippen LogP) is 3.30. The largest absolute Gasteiger partial charge is 0.411 e. The summed E-state index contributed by atoms with van der Waals surface area (Å²) in [7, 11) is 0. The van der Waals surface area contributed by atoms with Gasteiger partial charge in [0, 0.05) is 43.6 Å². The summed E-state index contributed by atoms with van der Waals surface area (Å²) in [6.07, 6.45) is 3.72. The molecule has 1 saturated heterocycles. The van der Waals surface area contributed by atoms with E-state index in [0.29, 0.717) is 5.92 Å². The molecule has 0 radical (unpaired) electrons. The number of rotatable bonds is 3. The molecule has 21 heavy (non-hydrogen) atoms. The van der Waals surface area contributed by atoms with E-state index in [1.807, 2.05) is 12.3 Å². The smallest absolute Gasteiger partial charge is 0.0702 e. The summed E-state index contributed by atoms with van der Waals surface area (Å²) in [4.78, 5) is 6.80. The maximum Gasteiger partial charge on any atom is 0.0702 e. The molecule has 1 aromatic carbocycles. The van der Waals surface area contributed by atoms with Crippen LogP contribution in [-0.4, -0.2) is 33.9 Å². The van der Waals surface area contributed by atoms with Gasteiger partial charge in [0.05, 0.1) is 11.2 Å².